The highest BCUT2D eigenvalue weighted by molar-refractivity contribution is 5.81. The van der Waals surface area contributed by atoms with E-state index in [1.807, 2.05) is 0 Å². The van der Waals surface area contributed by atoms with Crippen molar-refractivity contribution in [3.05, 3.63) is 0 Å². The molecule has 0 radical (unpaired) electrons. The van der Waals surface area contributed by atoms with Crippen LogP contribution in [0.25, 0.3) is 0 Å². The summed E-state index contributed by atoms with van der Waals surface area (Å²) in [5, 5.41) is 37.2. The van der Waals surface area contributed by atoms with Crippen LogP contribution in [0.4, 0.5) is 0 Å². The number of rotatable bonds is 5. The fraction of sp³-hybridized carbons (Fsp3) is 0.750. The summed E-state index contributed by atoms with van der Waals surface area (Å²) in [6.45, 7) is -0.399. The minimum Gasteiger partial charge on any atom is -0.394 e. The third kappa shape index (κ3) is 2.96. The molecule has 0 aliphatic carbocycles. The zero-order chi connectivity index (χ0) is 11.2. The van der Waals surface area contributed by atoms with Crippen molar-refractivity contribution in [3.8, 4) is 6.07 Å². The van der Waals surface area contributed by atoms with Crippen molar-refractivity contribution < 1.29 is 20.1 Å². The molecule has 0 aromatic rings. The lowest BCUT2D eigenvalue weighted by Gasteiger charge is -2.29. The van der Waals surface area contributed by atoms with Crippen molar-refractivity contribution >= 4 is 5.91 Å². The van der Waals surface area contributed by atoms with Gasteiger partial charge in [-0.15, -0.1) is 0 Å². The Morgan fingerprint density at radius 2 is 1.86 bits per heavy atom. The van der Waals surface area contributed by atoms with E-state index in [1.165, 1.54) is 6.92 Å². The van der Waals surface area contributed by atoms with Gasteiger partial charge in [0.1, 0.15) is 11.5 Å². The molecule has 6 heteroatoms. The normalized spacial score (nSPS) is 13.1. The van der Waals surface area contributed by atoms with E-state index in [1.54, 1.807) is 6.07 Å². The van der Waals surface area contributed by atoms with Crippen molar-refractivity contribution in [2.24, 2.45) is 5.92 Å². The van der Waals surface area contributed by atoms with Gasteiger partial charge in [-0.3, -0.25) is 4.79 Å². The Morgan fingerprint density at radius 1 is 1.43 bits per heavy atom. The zero-order valence-electron chi connectivity index (χ0n) is 7.90. The van der Waals surface area contributed by atoms with Gasteiger partial charge in [0.05, 0.1) is 25.9 Å². The maximum atomic E-state index is 11.2. The van der Waals surface area contributed by atoms with E-state index in [0.717, 1.165) is 0 Å². The maximum Gasteiger partial charge on any atom is 0.237 e. The summed E-state index contributed by atoms with van der Waals surface area (Å²) in [6.07, 6.45) is 0. The number of aliphatic hydroxyl groups is 3. The molecule has 80 valence electrons. The summed E-state index contributed by atoms with van der Waals surface area (Å²) in [7, 11) is 0. The van der Waals surface area contributed by atoms with Crippen LogP contribution in [0, 0.1) is 17.2 Å². The smallest absolute Gasteiger partial charge is 0.237 e. The molecule has 0 saturated carbocycles. The summed E-state index contributed by atoms with van der Waals surface area (Å²) >= 11 is 0. The van der Waals surface area contributed by atoms with Gasteiger partial charge in [-0.05, 0) is 6.92 Å². The first kappa shape index (κ1) is 12.8. The van der Waals surface area contributed by atoms with Crippen molar-refractivity contribution in [2.45, 2.75) is 12.5 Å². The second kappa shape index (κ2) is 5.54. The molecule has 0 heterocycles. The Hall–Kier alpha value is -1.16. The Kier molecular flexibility index (Phi) is 5.09. The van der Waals surface area contributed by atoms with Crippen LogP contribution in [0.3, 0.4) is 0 Å². The minimum absolute atomic E-state index is 0.593. The average molecular weight is 202 g/mol. The summed E-state index contributed by atoms with van der Waals surface area (Å²) < 4.78 is 0. The predicted octanol–water partition coefficient (Wildman–Crippen LogP) is -2.02. The molecular formula is C8H14N2O4. The van der Waals surface area contributed by atoms with E-state index in [2.05, 4.69) is 5.32 Å². The minimum atomic E-state index is -1.46. The van der Waals surface area contributed by atoms with E-state index in [0.29, 0.717) is 0 Å². The summed E-state index contributed by atoms with van der Waals surface area (Å²) in [5.74, 6) is -1.52. The van der Waals surface area contributed by atoms with Gasteiger partial charge < -0.3 is 20.6 Å². The van der Waals surface area contributed by atoms with Crippen molar-refractivity contribution in [1.82, 2.24) is 5.32 Å². The number of aliphatic hydroxyl groups excluding tert-OH is 3. The van der Waals surface area contributed by atoms with Gasteiger partial charge in [0.25, 0.3) is 0 Å². The number of carbonyl (C=O) groups excluding carboxylic acids is 1. The number of nitriles is 1. The fourth-order valence-electron chi connectivity index (χ4n) is 0.697. The number of nitrogens with one attached hydrogen (secondary N) is 1. The molecule has 0 saturated heterocycles. The molecule has 0 aromatic heterocycles. The lowest BCUT2D eigenvalue weighted by Crippen LogP contribution is -2.58. The molecule has 0 rings (SSSR count). The van der Waals surface area contributed by atoms with E-state index >= 15 is 0 Å². The first-order valence-electron chi connectivity index (χ1n) is 4.09. The second-order valence-corrected chi connectivity index (χ2v) is 3.09. The number of nitrogens with zero attached hydrogens (tertiary/aromatic N) is 1. The van der Waals surface area contributed by atoms with Crippen LogP contribution in [-0.2, 0) is 4.79 Å². The van der Waals surface area contributed by atoms with Crippen molar-refractivity contribution in [1.29, 1.82) is 5.26 Å². The third-order valence-corrected chi connectivity index (χ3v) is 1.88. The molecule has 0 fully saturated rings. The zero-order valence-corrected chi connectivity index (χ0v) is 7.90. The first-order chi connectivity index (χ1) is 6.55. The van der Waals surface area contributed by atoms with E-state index in [4.69, 9.17) is 20.6 Å². The Balaban J connectivity index is 4.46. The molecule has 6 nitrogen and oxygen atoms in total. The topological polar surface area (TPSA) is 114 Å². The van der Waals surface area contributed by atoms with Crippen LogP contribution in [0.15, 0.2) is 0 Å². The maximum absolute atomic E-state index is 11.2. The van der Waals surface area contributed by atoms with E-state index < -0.39 is 37.2 Å². The summed E-state index contributed by atoms with van der Waals surface area (Å²) in [4.78, 5) is 11.2. The number of hydrogen-bond donors (Lipinski definition) is 4. The number of carbonyl (C=O) groups is 1. The average Bonchev–Trinajstić information content (AvgIpc) is 2.24. The Morgan fingerprint density at radius 3 is 2.14 bits per heavy atom. The summed E-state index contributed by atoms with van der Waals surface area (Å²) in [6, 6.07) is 1.70. The van der Waals surface area contributed by atoms with E-state index in [9.17, 15) is 4.79 Å². The molecule has 0 aliphatic rings. The van der Waals surface area contributed by atoms with Crippen molar-refractivity contribution in [2.75, 3.05) is 19.8 Å². The van der Waals surface area contributed by atoms with E-state index in [-0.39, 0.29) is 0 Å². The van der Waals surface area contributed by atoms with Gasteiger partial charge in [-0.2, -0.15) is 5.26 Å². The molecule has 14 heavy (non-hydrogen) atoms. The molecule has 0 spiro atoms. The molecule has 0 aliphatic heterocycles. The highest BCUT2D eigenvalue weighted by atomic mass is 16.3. The molecule has 0 aromatic carbocycles. The monoisotopic (exact) mass is 202 g/mol. The van der Waals surface area contributed by atoms with Crippen LogP contribution in [0.2, 0.25) is 0 Å². The van der Waals surface area contributed by atoms with Crippen LogP contribution >= 0.6 is 0 Å². The van der Waals surface area contributed by atoms with Gasteiger partial charge in [0.15, 0.2) is 0 Å². The standard InChI is InChI=1S/C8H14N2O4/c1-6(2-9)7(14)10-8(3-11,4-12)5-13/h6,11-13H,3-5H2,1H3,(H,10,14). The fourth-order valence-corrected chi connectivity index (χ4v) is 0.697. The largest absolute Gasteiger partial charge is 0.394 e. The third-order valence-electron chi connectivity index (χ3n) is 1.88. The van der Waals surface area contributed by atoms with Crippen molar-refractivity contribution in [3.63, 3.8) is 0 Å². The van der Waals surface area contributed by atoms with Crippen LogP contribution in [0.1, 0.15) is 6.92 Å². The highest BCUT2D eigenvalue weighted by Gasteiger charge is 2.31. The molecule has 1 unspecified atom stereocenters. The molecule has 0 bridgehead atoms. The SMILES string of the molecule is CC(C#N)C(=O)NC(CO)(CO)CO. The van der Waals surface area contributed by atoms with Gasteiger partial charge >= 0.3 is 0 Å². The first-order valence-corrected chi connectivity index (χ1v) is 4.09. The quantitative estimate of drug-likeness (QED) is 0.411. The summed E-state index contributed by atoms with van der Waals surface area (Å²) in [5.41, 5.74) is -1.46. The molecule has 4 N–H and O–H groups in total. The molecular weight excluding hydrogens is 188 g/mol. The predicted molar refractivity (Wildman–Crippen MR) is 46.9 cm³/mol. The van der Waals surface area contributed by atoms with Gasteiger partial charge in [0.2, 0.25) is 5.91 Å². The van der Waals surface area contributed by atoms with Crippen LogP contribution < -0.4 is 5.32 Å². The molecule has 1 amide bonds. The van der Waals surface area contributed by atoms with Crippen LogP contribution in [-0.4, -0.2) is 46.6 Å². The Labute approximate surface area is 81.8 Å². The second-order valence-electron chi connectivity index (χ2n) is 3.09. The number of hydrogen-bond acceptors (Lipinski definition) is 5. The Bertz CT molecular complexity index is 224. The highest BCUT2D eigenvalue weighted by Crippen LogP contribution is 2.03. The van der Waals surface area contributed by atoms with Crippen LogP contribution in [0.5, 0.6) is 0 Å². The van der Waals surface area contributed by atoms with Gasteiger partial charge in [-0.1, -0.05) is 0 Å². The van der Waals surface area contributed by atoms with Gasteiger partial charge in [-0.25, -0.2) is 0 Å². The number of amides is 1. The van der Waals surface area contributed by atoms with Gasteiger partial charge in [0, 0.05) is 0 Å². The lowest BCUT2D eigenvalue weighted by molar-refractivity contribution is -0.127. The lowest BCUT2D eigenvalue weighted by atomic mass is 10.0. The molecule has 1 atom stereocenters.